The zero-order chi connectivity index (χ0) is 47.5. The van der Waals surface area contributed by atoms with Crippen molar-refractivity contribution >= 4 is 71.5 Å². The number of hydrogen-bond donors (Lipinski definition) is 10. The van der Waals surface area contributed by atoms with Crippen LogP contribution in [0.4, 0.5) is 11.4 Å². The van der Waals surface area contributed by atoms with Gasteiger partial charge in [-0.25, -0.2) is 16.8 Å². The minimum absolute atomic E-state index is 0.197. The number of carboxylic acids is 1. The number of unbranched alkanes of at least 4 members (excludes halogenated alkanes) is 1. The van der Waals surface area contributed by atoms with E-state index in [4.69, 9.17) is 18.9 Å². The summed E-state index contributed by atoms with van der Waals surface area (Å²) in [6, 6.07) is 4.34. The highest BCUT2D eigenvalue weighted by Crippen LogP contribution is 2.40. The third-order valence-electron chi connectivity index (χ3n) is 9.85. The molecule has 3 saturated heterocycles. The molecule has 1 unspecified atom stereocenters. The van der Waals surface area contributed by atoms with Gasteiger partial charge in [0.25, 0.3) is 0 Å². The number of rotatable bonds is 24. The lowest BCUT2D eigenvalue weighted by atomic mass is 9.95. The van der Waals surface area contributed by atoms with Crippen LogP contribution >= 0.6 is 21.6 Å². The highest BCUT2D eigenvalue weighted by atomic mass is 33.1. The normalized spacial score (nSPS) is 30.8. The molecule has 3 aliphatic rings. The first kappa shape index (κ1) is 54.0. The van der Waals surface area contributed by atoms with E-state index in [1.807, 2.05) is 21.6 Å². The quantitative estimate of drug-likeness (QED) is 0.0200. The second kappa shape index (κ2) is 24.5. The predicted molar refractivity (Wildman–Crippen MR) is 214 cm³/mol. The Morgan fingerprint density at radius 3 is 2.22 bits per heavy atom. The minimum atomic E-state index is -5.89. The Morgan fingerprint density at radius 1 is 0.906 bits per heavy atom. The van der Waals surface area contributed by atoms with E-state index in [-0.39, 0.29) is 5.91 Å². The van der Waals surface area contributed by atoms with Crippen molar-refractivity contribution in [1.29, 1.82) is 0 Å². The van der Waals surface area contributed by atoms with Crippen LogP contribution in [0.3, 0.4) is 0 Å². The number of carbonyl (C=O) groups is 3. The molecule has 15 atom stereocenters. The van der Waals surface area contributed by atoms with Gasteiger partial charge in [-0.05, 0) is 37.5 Å². The number of hydrogen-bond acceptors (Lipinski definition) is 26. The average Bonchev–Trinajstić information content (AvgIpc) is 3.74. The Bertz CT molecular complexity index is 1910. The fourth-order valence-electron chi connectivity index (χ4n) is 6.69. The molecule has 0 aromatic heterocycles. The molecule has 0 aliphatic carbocycles. The van der Waals surface area contributed by atoms with Gasteiger partial charge in [-0.1, -0.05) is 34.1 Å². The Balaban J connectivity index is 1.44. The van der Waals surface area contributed by atoms with Crippen molar-refractivity contribution in [1.82, 2.24) is 5.32 Å². The van der Waals surface area contributed by atoms with Gasteiger partial charge in [0.15, 0.2) is 12.6 Å². The van der Waals surface area contributed by atoms with Crippen LogP contribution < -0.4 is 21.1 Å². The Morgan fingerprint density at radius 2 is 1.59 bits per heavy atom. The molecule has 26 nitrogen and oxygen atoms in total. The highest BCUT2D eigenvalue weighted by Gasteiger charge is 2.54. The summed E-state index contributed by atoms with van der Waals surface area (Å²) in [6.45, 7) is -2.18. The molecule has 0 spiro atoms. The number of aliphatic hydroxyl groups is 7. The maximum Gasteiger partial charge on any atom is 0.224 e. The molecule has 0 saturated carbocycles. The Labute approximate surface area is 374 Å². The van der Waals surface area contributed by atoms with Crippen LogP contribution in [-0.4, -0.2) is 196 Å². The zero-order valence-electron chi connectivity index (χ0n) is 33.6. The lowest BCUT2D eigenvalue weighted by Gasteiger charge is -2.48. The minimum Gasteiger partial charge on any atom is -0.726 e. The van der Waals surface area contributed by atoms with E-state index in [9.17, 15) is 81.2 Å². The monoisotopic (exact) mass is 996 g/mol. The lowest BCUT2D eigenvalue weighted by molar-refractivity contribution is -0.364. The smallest absolute Gasteiger partial charge is 0.224 e. The molecule has 64 heavy (non-hydrogen) atoms. The summed E-state index contributed by atoms with van der Waals surface area (Å²) in [5.74, 6) is -2.24. The summed E-state index contributed by atoms with van der Waals surface area (Å²) in [5.41, 5.74) is 0.822. The van der Waals surface area contributed by atoms with Crippen LogP contribution in [0.5, 0.6) is 0 Å². The van der Waals surface area contributed by atoms with Crippen LogP contribution in [0.1, 0.15) is 39.0 Å². The number of carbonyl (C=O) groups excluding carboxylic acids is 3. The van der Waals surface area contributed by atoms with E-state index >= 15 is 0 Å². The number of benzene rings is 1. The van der Waals surface area contributed by atoms with Crippen molar-refractivity contribution in [3.8, 4) is 0 Å². The lowest BCUT2D eigenvalue weighted by Crippen LogP contribution is -2.69. The van der Waals surface area contributed by atoms with Crippen LogP contribution in [0.25, 0.3) is 0 Å². The van der Waals surface area contributed by atoms with Gasteiger partial charge in [-0.2, -0.15) is 0 Å². The first-order chi connectivity index (χ1) is 29.9. The maximum atomic E-state index is 12.5. The molecule has 2 amide bonds. The molecule has 1 aromatic rings. The third-order valence-corrected chi connectivity index (χ3v) is 13.7. The highest BCUT2D eigenvalue weighted by molar-refractivity contribution is 8.77. The third kappa shape index (κ3) is 16.6. The maximum absolute atomic E-state index is 12.5. The van der Waals surface area contributed by atoms with Gasteiger partial charge in [0, 0.05) is 42.3 Å². The summed E-state index contributed by atoms with van der Waals surface area (Å²) in [6.07, 6.45) is -25.4. The molecule has 3 fully saturated rings. The molecule has 3 aliphatic heterocycles. The molecular weight excluding hydrogens is 947 g/mol. The van der Waals surface area contributed by atoms with E-state index in [1.165, 1.54) is 0 Å². The number of ether oxygens (including phenoxy) is 4. The average molecular weight is 997 g/mol. The molecule has 3 heterocycles. The Hall–Kier alpha value is -2.57. The van der Waals surface area contributed by atoms with Gasteiger partial charge in [-0.15, -0.1) is 0 Å². The van der Waals surface area contributed by atoms with Crippen LogP contribution in [0, 0.1) is 0 Å². The SMILES string of the molecule is CC(=O)N[C@H]1[C@@H](OC[C@@H](O)[C@@H](O)[C@H](O)[C@@H](O)CNc2cccc(NC(=O)CCCCC3CCSS3)c2)O[C@H](COS(=O)(=O)[O-])[C@H](OS(=O)(=O)[O-])[C@@H]1O[C@@H]1O[C@H](C(=O)[O-])[C@@H](O)[C@H](O)[C@H]1O. The van der Waals surface area contributed by atoms with Gasteiger partial charge in [0.1, 0.15) is 67.1 Å². The summed E-state index contributed by atoms with van der Waals surface area (Å²) >= 11 is 0. The molecule has 30 heteroatoms. The predicted octanol–water partition coefficient (Wildman–Crippen LogP) is -5.29. The number of aliphatic carboxylic acids is 1. The Kier molecular flexibility index (Phi) is 20.6. The summed E-state index contributed by atoms with van der Waals surface area (Å²) < 4.78 is 99.8. The largest absolute Gasteiger partial charge is 0.726 e. The first-order valence-electron chi connectivity index (χ1n) is 19.4. The first-order valence-corrected chi connectivity index (χ1v) is 24.5. The number of aliphatic hydroxyl groups excluding tert-OH is 7. The van der Waals surface area contributed by atoms with Crippen molar-refractivity contribution in [2.75, 3.05) is 36.1 Å². The van der Waals surface area contributed by atoms with E-state index in [0.29, 0.717) is 23.0 Å². The second-order valence-electron chi connectivity index (χ2n) is 14.8. The number of anilines is 2. The van der Waals surface area contributed by atoms with Gasteiger partial charge < -0.3 is 89.7 Å². The fourth-order valence-corrected chi connectivity index (χ4v) is 10.5. The van der Waals surface area contributed by atoms with E-state index in [0.717, 1.165) is 38.4 Å². The topological polar surface area (TPSA) is 422 Å². The van der Waals surface area contributed by atoms with Gasteiger partial charge in [-0.3, -0.25) is 18.0 Å². The molecule has 10 N–H and O–H groups in total. The molecular formula is C34H50N3O23S4-3. The van der Waals surface area contributed by atoms with Crippen LogP contribution in [-0.2, 0) is 62.5 Å². The van der Waals surface area contributed by atoms with Crippen molar-refractivity contribution in [2.45, 2.75) is 130 Å². The number of amides is 2. The summed E-state index contributed by atoms with van der Waals surface area (Å²) in [4.78, 5) is 36.5. The number of carboxylic acid groups (broad SMARTS) is 1. The van der Waals surface area contributed by atoms with E-state index < -0.39 is 138 Å². The number of nitrogens with one attached hydrogen (secondary N) is 3. The van der Waals surface area contributed by atoms with Crippen molar-refractivity contribution in [3.63, 3.8) is 0 Å². The van der Waals surface area contributed by atoms with Crippen LogP contribution in [0.15, 0.2) is 24.3 Å². The summed E-state index contributed by atoms with van der Waals surface area (Å²) in [7, 11) is -7.79. The van der Waals surface area contributed by atoms with Crippen molar-refractivity contribution < 1.29 is 108 Å². The molecule has 0 radical (unpaired) electrons. The van der Waals surface area contributed by atoms with E-state index in [2.05, 4.69) is 24.3 Å². The van der Waals surface area contributed by atoms with Crippen molar-refractivity contribution in [3.05, 3.63) is 24.3 Å². The summed E-state index contributed by atoms with van der Waals surface area (Å²) in [5, 5.41) is 93.9. The molecule has 1 aromatic carbocycles. The van der Waals surface area contributed by atoms with Gasteiger partial charge >= 0.3 is 0 Å². The fraction of sp³-hybridized carbons (Fsp3) is 0.735. The molecule has 0 bridgehead atoms. The standard InChI is InChI=1S/C34H53N3O23S4/c1-15(38)36-23-30(58-34-28(46)26(44)27(45)31(59-34)32(47)48)29(60-64(52,53)54)21(14-56-63(49,50)51)57-33(23)55-13-20(40)25(43)24(42)19(39)12-35-16-5-4-6-17(11-16)37-22(41)8-3-2-7-18-9-10-61-62-18/h4-6,11,18-21,23-31,33-35,39-40,42-46H,2-3,7-10,12-14H2,1H3,(H,36,38)(H,37,41)(H,47,48)(H,49,50,51)(H,52,53,54)/p-3/t18?,19-,20+,21+,23+,24+,25+,26-,27-,28+,29-,30+,31-,33-,34+/m0/s1. The van der Waals surface area contributed by atoms with Gasteiger partial charge in [0.2, 0.25) is 32.6 Å². The molecule has 4 rings (SSSR count). The van der Waals surface area contributed by atoms with E-state index in [1.54, 1.807) is 24.3 Å². The second-order valence-corrected chi connectivity index (χ2v) is 19.6. The zero-order valence-corrected chi connectivity index (χ0v) is 36.9. The van der Waals surface area contributed by atoms with Crippen molar-refractivity contribution in [2.24, 2.45) is 0 Å². The van der Waals surface area contributed by atoms with Crippen LogP contribution in [0.2, 0.25) is 0 Å². The molecule has 366 valence electrons. The van der Waals surface area contributed by atoms with Gasteiger partial charge in [0.05, 0.1) is 25.3 Å².